The standard InChI is InChI=1S/C13H25ClN2/c1-12(2,3)11-9-16(8-6-7-14)13(4,5)10-15-11/h6-7,11,15H,8-10H2,1-5H3/b7-6+. The van der Waals surface area contributed by atoms with Crippen molar-refractivity contribution in [2.45, 2.75) is 46.2 Å². The van der Waals surface area contributed by atoms with Crippen molar-refractivity contribution >= 4 is 11.6 Å². The lowest BCUT2D eigenvalue weighted by molar-refractivity contribution is 0.0458. The fraction of sp³-hybridized carbons (Fsp3) is 0.846. The van der Waals surface area contributed by atoms with Crippen molar-refractivity contribution in [3.63, 3.8) is 0 Å². The minimum absolute atomic E-state index is 0.206. The maximum Gasteiger partial charge on any atom is 0.0281 e. The van der Waals surface area contributed by atoms with E-state index in [0.717, 1.165) is 19.6 Å². The molecule has 0 saturated carbocycles. The van der Waals surface area contributed by atoms with Gasteiger partial charge in [-0.05, 0) is 19.3 Å². The summed E-state index contributed by atoms with van der Waals surface area (Å²) < 4.78 is 0. The van der Waals surface area contributed by atoms with Crippen LogP contribution in [0.5, 0.6) is 0 Å². The molecule has 0 radical (unpaired) electrons. The fourth-order valence-electron chi connectivity index (χ4n) is 2.09. The molecule has 0 aliphatic carbocycles. The first-order valence-electron chi connectivity index (χ1n) is 6.01. The maximum atomic E-state index is 5.62. The number of halogens is 1. The highest BCUT2D eigenvalue weighted by molar-refractivity contribution is 6.25. The lowest BCUT2D eigenvalue weighted by atomic mass is 9.83. The first-order chi connectivity index (χ1) is 7.27. The molecule has 0 aromatic carbocycles. The van der Waals surface area contributed by atoms with E-state index in [0.29, 0.717) is 11.5 Å². The summed E-state index contributed by atoms with van der Waals surface area (Å²) >= 11 is 5.62. The Bertz CT molecular complexity index is 253. The van der Waals surface area contributed by atoms with Gasteiger partial charge in [-0.15, -0.1) is 0 Å². The third kappa shape index (κ3) is 3.47. The Kier molecular flexibility index (Phi) is 4.44. The Morgan fingerprint density at radius 3 is 2.56 bits per heavy atom. The summed E-state index contributed by atoms with van der Waals surface area (Å²) in [4.78, 5) is 2.50. The van der Waals surface area contributed by atoms with Crippen LogP contribution in [-0.4, -0.2) is 36.1 Å². The molecule has 1 N–H and O–H groups in total. The quantitative estimate of drug-likeness (QED) is 0.804. The van der Waals surface area contributed by atoms with Crippen LogP contribution in [-0.2, 0) is 0 Å². The van der Waals surface area contributed by atoms with E-state index in [2.05, 4.69) is 44.8 Å². The van der Waals surface area contributed by atoms with Gasteiger partial charge in [-0.1, -0.05) is 38.4 Å². The third-order valence-corrected chi connectivity index (χ3v) is 3.68. The van der Waals surface area contributed by atoms with E-state index in [9.17, 15) is 0 Å². The summed E-state index contributed by atoms with van der Waals surface area (Å²) in [5.41, 5.74) is 2.13. The van der Waals surface area contributed by atoms with Gasteiger partial charge >= 0.3 is 0 Å². The molecule has 1 heterocycles. The van der Waals surface area contributed by atoms with Crippen molar-refractivity contribution in [3.05, 3.63) is 11.6 Å². The largest absolute Gasteiger partial charge is 0.310 e. The normalized spacial score (nSPS) is 27.5. The molecule has 0 aromatic rings. The van der Waals surface area contributed by atoms with Gasteiger partial charge in [0, 0.05) is 36.8 Å². The molecule has 1 unspecified atom stereocenters. The van der Waals surface area contributed by atoms with Crippen molar-refractivity contribution in [1.29, 1.82) is 0 Å². The van der Waals surface area contributed by atoms with Crippen LogP contribution in [0.2, 0.25) is 0 Å². The summed E-state index contributed by atoms with van der Waals surface area (Å²) in [7, 11) is 0. The van der Waals surface area contributed by atoms with Crippen LogP contribution >= 0.6 is 11.6 Å². The number of nitrogens with zero attached hydrogens (tertiary/aromatic N) is 1. The molecule has 1 aliphatic rings. The van der Waals surface area contributed by atoms with Crippen molar-refractivity contribution in [2.24, 2.45) is 5.41 Å². The molecule has 16 heavy (non-hydrogen) atoms. The Morgan fingerprint density at radius 1 is 1.44 bits per heavy atom. The first-order valence-corrected chi connectivity index (χ1v) is 6.45. The summed E-state index contributed by atoms with van der Waals surface area (Å²) in [5, 5.41) is 3.66. The molecule has 1 fully saturated rings. The monoisotopic (exact) mass is 244 g/mol. The van der Waals surface area contributed by atoms with Gasteiger partial charge in [0.15, 0.2) is 0 Å². The van der Waals surface area contributed by atoms with Gasteiger partial charge in [-0.3, -0.25) is 4.90 Å². The zero-order valence-electron chi connectivity index (χ0n) is 11.2. The predicted molar refractivity (Wildman–Crippen MR) is 71.9 cm³/mol. The van der Waals surface area contributed by atoms with Gasteiger partial charge in [-0.2, -0.15) is 0 Å². The highest BCUT2D eigenvalue weighted by atomic mass is 35.5. The van der Waals surface area contributed by atoms with Gasteiger partial charge in [0.1, 0.15) is 0 Å². The van der Waals surface area contributed by atoms with Crippen LogP contribution in [0, 0.1) is 5.41 Å². The Balaban J connectivity index is 2.70. The molecule has 2 nitrogen and oxygen atoms in total. The zero-order chi connectivity index (χ0) is 12.4. The van der Waals surface area contributed by atoms with Gasteiger partial charge in [0.25, 0.3) is 0 Å². The van der Waals surface area contributed by atoms with Gasteiger partial charge in [0.05, 0.1) is 0 Å². The van der Waals surface area contributed by atoms with Crippen LogP contribution in [0.15, 0.2) is 11.6 Å². The van der Waals surface area contributed by atoms with Gasteiger partial charge in [0.2, 0.25) is 0 Å². The molecule has 0 spiro atoms. The zero-order valence-corrected chi connectivity index (χ0v) is 11.9. The van der Waals surface area contributed by atoms with Crippen LogP contribution in [0.25, 0.3) is 0 Å². The number of hydrogen-bond acceptors (Lipinski definition) is 2. The predicted octanol–water partition coefficient (Wildman–Crippen LogP) is 2.84. The topological polar surface area (TPSA) is 15.3 Å². The maximum absolute atomic E-state index is 5.62. The average Bonchev–Trinajstić information content (AvgIpc) is 2.13. The molecular weight excluding hydrogens is 220 g/mol. The molecular formula is C13H25ClN2. The Labute approximate surface area is 105 Å². The second-order valence-electron chi connectivity index (χ2n) is 6.38. The van der Waals surface area contributed by atoms with Crippen molar-refractivity contribution in [3.8, 4) is 0 Å². The van der Waals surface area contributed by atoms with E-state index in [4.69, 9.17) is 11.6 Å². The van der Waals surface area contributed by atoms with E-state index in [1.54, 1.807) is 5.54 Å². The molecule has 1 saturated heterocycles. The molecule has 1 atom stereocenters. The highest BCUT2D eigenvalue weighted by Gasteiger charge is 2.37. The van der Waals surface area contributed by atoms with E-state index in [1.807, 2.05) is 6.08 Å². The smallest absolute Gasteiger partial charge is 0.0281 e. The van der Waals surface area contributed by atoms with E-state index < -0.39 is 0 Å². The second kappa shape index (κ2) is 5.07. The van der Waals surface area contributed by atoms with Crippen LogP contribution in [0.3, 0.4) is 0 Å². The molecule has 3 heteroatoms. The minimum atomic E-state index is 0.206. The minimum Gasteiger partial charge on any atom is -0.310 e. The van der Waals surface area contributed by atoms with Crippen molar-refractivity contribution in [1.82, 2.24) is 10.2 Å². The lowest BCUT2D eigenvalue weighted by Crippen LogP contribution is -2.64. The van der Waals surface area contributed by atoms with Crippen molar-refractivity contribution in [2.75, 3.05) is 19.6 Å². The van der Waals surface area contributed by atoms with Crippen LogP contribution in [0.1, 0.15) is 34.6 Å². The summed E-state index contributed by atoms with van der Waals surface area (Å²) in [6, 6.07) is 0.546. The second-order valence-corrected chi connectivity index (χ2v) is 6.63. The lowest BCUT2D eigenvalue weighted by Gasteiger charge is -2.49. The summed E-state index contributed by atoms with van der Waals surface area (Å²) in [6.45, 7) is 14.5. The number of hydrogen-bond donors (Lipinski definition) is 1. The molecule has 1 aliphatic heterocycles. The van der Waals surface area contributed by atoms with E-state index >= 15 is 0 Å². The van der Waals surface area contributed by atoms with Crippen LogP contribution < -0.4 is 5.32 Å². The van der Waals surface area contributed by atoms with E-state index in [1.165, 1.54) is 0 Å². The Morgan fingerprint density at radius 2 is 2.06 bits per heavy atom. The van der Waals surface area contributed by atoms with Crippen LogP contribution in [0.4, 0.5) is 0 Å². The number of rotatable bonds is 2. The fourth-order valence-corrected chi connectivity index (χ4v) is 2.17. The molecule has 1 rings (SSSR count). The summed E-state index contributed by atoms with van der Waals surface area (Å²) in [5.74, 6) is 0. The SMILES string of the molecule is CC(C)(C)C1CN(C/C=C/Cl)C(C)(C)CN1. The number of nitrogens with one attached hydrogen (secondary N) is 1. The van der Waals surface area contributed by atoms with Gasteiger partial charge in [-0.25, -0.2) is 0 Å². The highest BCUT2D eigenvalue weighted by Crippen LogP contribution is 2.27. The average molecular weight is 245 g/mol. The summed E-state index contributed by atoms with van der Waals surface area (Å²) in [6.07, 6.45) is 2.02. The van der Waals surface area contributed by atoms with E-state index in [-0.39, 0.29) is 5.54 Å². The molecule has 0 bridgehead atoms. The molecule has 0 aromatic heterocycles. The number of piperazine rings is 1. The molecule has 0 amide bonds. The van der Waals surface area contributed by atoms with Crippen molar-refractivity contribution < 1.29 is 0 Å². The Hall–Kier alpha value is -0.0500. The van der Waals surface area contributed by atoms with Gasteiger partial charge < -0.3 is 5.32 Å². The third-order valence-electron chi connectivity index (χ3n) is 3.50. The molecule has 94 valence electrons. The first kappa shape index (κ1) is 14.0.